The molecule has 6 nitrogen and oxygen atoms in total. The Hall–Kier alpha value is -2.96. The Kier molecular flexibility index (Phi) is 5.70. The highest BCUT2D eigenvalue weighted by atomic mass is 16.1. The maximum Gasteiger partial charge on any atom is 0.249 e. The Morgan fingerprint density at radius 2 is 1.83 bits per heavy atom. The summed E-state index contributed by atoms with van der Waals surface area (Å²) in [6.07, 6.45) is 2.02. The van der Waals surface area contributed by atoms with Gasteiger partial charge in [0.1, 0.15) is 5.82 Å². The number of carbonyl (C=O) groups excluding carboxylic acids is 1. The van der Waals surface area contributed by atoms with E-state index in [1.165, 1.54) is 5.56 Å². The van der Waals surface area contributed by atoms with Crippen molar-refractivity contribution in [2.45, 2.75) is 20.4 Å². The number of nitrogens with two attached hydrogens (primary N) is 1. The molecule has 30 heavy (non-hydrogen) atoms. The SMILES string of the molecule is Cc1cn(-c2cccc(-c3cc(CN4CCN(C)CC4)ccc3C(N)=O)c2)c(C)n1. The van der Waals surface area contributed by atoms with Crippen LogP contribution >= 0.6 is 0 Å². The minimum absolute atomic E-state index is 0.406. The Morgan fingerprint density at radius 3 is 2.50 bits per heavy atom. The van der Waals surface area contributed by atoms with Crippen molar-refractivity contribution >= 4 is 5.91 Å². The monoisotopic (exact) mass is 403 g/mol. The summed E-state index contributed by atoms with van der Waals surface area (Å²) in [5.41, 5.74) is 11.3. The van der Waals surface area contributed by atoms with Gasteiger partial charge in [0.25, 0.3) is 0 Å². The highest BCUT2D eigenvalue weighted by Gasteiger charge is 2.17. The largest absolute Gasteiger partial charge is 0.366 e. The van der Waals surface area contributed by atoms with Crippen LogP contribution in [-0.2, 0) is 6.54 Å². The Labute approximate surface area is 177 Å². The molecule has 0 saturated carbocycles. The quantitative estimate of drug-likeness (QED) is 0.711. The number of likely N-dealkylation sites (N-methyl/N-ethyl adjacent to an activating group) is 1. The number of piperazine rings is 1. The molecule has 3 aromatic rings. The standard InChI is InChI=1S/C24H29N5O/c1-17-15-29(18(2)26-17)21-6-4-5-20(14-21)23-13-19(7-8-22(23)24(25)30)16-28-11-9-27(3)10-12-28/h4-8,13-15H,9-12,16H2,1-3H3,(H2,25,30). The number of amides is 1. The van der Waals surface area contributed by atoms with Gasteiger partial charge in [-0.15, -0.1) is 0 Å². The van der Waals surface area contributed by atoms with Crippen LogP contribution in [0.25, 0.3) is 16.8 Å². The van der Waals surface area contributed by atoms with Crippen molar-refractivity contribution in [3.05, 3.63) is 71.3 Å². The lowest BCUT2D eigenvalue weighted by atomic mass is 9.96. The molecule has 0 aliphatic carbocycles. The number of aromatic nitrogens is 2. The first-order valence-electron chi connectivity index (χ1n) is 10.4. The van der Waals surface area contributed by atoms with Crippen LogP contribution in [0, 0.1) is 13.8 Å². The van der Waals surface area contributed by atoms with E-state index in [1.807, 2.05) is 44.3 Å². The van der Waals surface area contributed by atoms with E-state index in [9.17, 15) is 4.79 Å². The average molecular weight is 404 g/mol. The minimum Gasteiger partial charge on any atom is -0.366 e. The second-order valence-electron chi connectivity index (χ2n) is 8.17. The zero-order valence-corrected chi connectivity index (χ0v) is 17.9. The fourth-order valence-corrected chi connectivity index (χ4v) is 4.11. The number of benzene rings is 2. The van der Waals surface area contributed by atoms with E-state index >= 15 is 0 Å². The van der Waals surface area contributed by atoms with Crippen molar-refractivity contribution < 1.29 is 4.79 Å². The van der Waals surface area contributed by atoms with Crippen LogP contribution < -0.4 is 5.73 Å². The first-order chi connectivity index (χ1) is 14.4. The van der Waals surface area contributed by atoms with Crippen molar-refractivity contribution in [1.82, 2.24) is 19.4 Å². The van der Waals surface area contributed by atoms with Gasteiger partial charge < -0.3 is 15.2 Å². The van der Waals surface area contributed by atoms with E-state index in [1.54, 1.807) is 0 Å². The van der Waals surface area contributed by atoms with E-state index < -0.39 is 5.91 Å². The molecule has 1 aromatic heterocycles. The van der Waals surface area contributed by atoms with Crippen LogP contribution in [-0.4, -0.2) is 58.5 Å². The molecular formula is C24H29N5O. The molecule has 0 bridgehead atoms. The van der Waals surface area contributed by atoms with Crippen molar-refractivity contribution in [3.8, 4) is 16.8 Å². The highest BCUT2D eigenvalue weighted by Crippen LogP contribution is 2.28. The van der Waals surface area contributed by atoms with Crippen molar-refractivity contribution in [1.29, 1.82) is 0 Å². The van der Waals surface area contributed by atoms with Gasteiger partial charge in [-0.2, -0.15) is 0 Å². The van der Waals surface area contributed by atoms with E-state index in [0.717, 1.165) is 61.1 Å². The smallest absolute Gasteiger partial charge is 0.249 e. The molecular weight excluding hydrogens is 374 g/mol. The first-order valence-corrected chi connectivity index (χ1v) is 10.4. The number of nitrogens with zero attached hydrogens (tertiary/aromatic N) is 4. The van der Waals surface area contributed by atoms with Gasteiger partial charge in [0.2, 0.25) is 5.91 Å². The number of hydrogen-bond acceptors (Lipinski definition) is 4. The molecule has 0 radical (unpaired) electrons. The molecule has 1 aliphatic heterocycles. The zero-order chi connectivity index (χ0) is 21.3. The Morgan fingerprint density at radius 1 is 1.07 bits per heavy atom. The van der Waals surface area contributed by atoms with Gasteiger partial charge in [-0.25, -0.2) is 4.98 Å². The molecule has 6 heteroatoms. The maximum atomic E-state index is 12.1. The molecule has 4 rings (SSSR count). The Bertz CT molecular complexity index is 1060. The third kappa shape index (κ3) is 4.30. The predicted molar refractivity (Wildman–Crippen MR) is 120 cm³/mol. The zero-order valence-electron chi connectivity index (χ0n) is 17.9. The second-order valence-corrected chi connectivity index (χ2v) is 8.17. The number of hydrogen-bond donors (Lipinski definition) is 1. The molecule has 1 fully saturated rings. The van der Waals surface area contributed by atoms with Crippen LogP contribution in [0.4, 0.5) is 0 Å². The topological polar surface area (TPSA) is 67.4 Å². The van der Waals surface area contributed by atoms with Crippen LogP contribution in [0.5, 0.6) is 0 Å². The summed E-state index contributed by atoms with van der Waals surface area (Å²) in [6.45, 7) is 9.12. The van der Waals surface area contributed by atoms with Gasteiger partial charge in [0.05, 0.1) is 5.69 Å². The van der Waals surface area contributed by atoms with Crippen LogP contribution in [0.3, 0.4) is 0 Å². The minimum atomic E-state index is -0.406. The van der Waals surface area contributed by atoms with Crippen molar-refractivity contribution in [2.24, 2.45) is 5.73 Å². The molecule has 0 unspecified atom stereocenters. The van der Waals surface area contributed by atoms with Gasteiger partial charge >= 0.3 is 0 Å². The predicted octanol–water partition coefficient (Wildman–Crippen LogP) is 3.00. The van der Waals surface area contributed by atoms with Crippen molar-refractivity contribution in [2.75, 3.05) is 33.2 Å². The lowest BCUT2D eigenvalue weighted by molar-refractivity contribution is 0.100. The molecule has 1 saturated heterocycles. The van der Waals surface area contributed by atoms with Gasteiger partial charge in [0, 0.05) is 50.2 Å². The van der Waals surface area contributed by atoms with Crippen LogP contribution in [0.2, 0.25) is 0 Å². The molecule has 0 spiro atoms. The average Bonchev–Trinajstić information content (AvgIpc) is 3.07. The third-order valence-electron chi connectivity index (χ3n) is 5.79. The lowest BCUT2D eigenvalue weighted by Crippen LogP contribution is -2.43. The van der Waals surface area contributed by atoms with Crippen LogP contribution in [0.1, 0.15) is 27.4 Å². The van der Waals surface area contributed by atoms with Gasteiger partial charge in [-0.1, -0.05) is 18.2 Å². The lowest BCUT2D eigenvalue weighted by Gasteiger charge is -2.32. The normalized spacial score (nSPS) is 15.4. The maximum absolute atomic E-state index is 12.1. The van der Waals surface area contributed by atoms with Gasteiger partial charge in [-0.05, 0) is 61.9 Å². The van der Waals surface area contributed by atoms with Crippen molar-refractivity contribution in [3.63, 3.8) is 0 Å². The summed E-state index contributed by atoms with van der Waals surface area (Å²) in [5.74, 6) is 0.528. The number of imidazole rings is 1. The van der Waals surface area contributed by atoms with Gasteiger partial charge in [0.15, 0.2) is 0 Å². The van der Waals surface area contributed by atoms with E-state index in [-0.39, 0.29) is 0 Å². The molecule has 0 atom stereocenters. The first kappa shape index (κ1) is 20.3. The number of carbonyl (C=O) groups is 1. The molecule has 2 aromatic carbocycles. The summed E-state index contributed by atoms with van der Waals surface area (Å²) in [5, 5.41) is 0. The molecule has 2 heterocycles. The van der Waals surface area contributed by atoms with E-state index in [0.29, 0.717) is 5.56 Å². The molecule has 156 valence electrons. The van der Waals surface area contributed by atoms with Gasteiger partial charge in [-0.3, -0.25) is 9.69 Å². The summed E-state index contributed by atoms with van der Waals surface area (Å²) in [4.78, 5) is 21.4. The molecule has 1 amide bonds. The highest BCUT2D eigenvalue weighted by molar-refractivity contribution is 6.00. The molecule has 1 aliphatic rings. The van der Waals surface area contributed by atoms with E-state index in [4.69, 9.17) is 5.73 Å². The summed E-state index contributed by atoms with van der Waals surface area (Å²) < 4.78 is 2.07. The number of primary amides is 1. The summed E-state index contributed by atoms with van der Waals surface area (Å²) in [7, 11) is 2.16. The fraction of sp³-hybridized carbons (Fsp3) is 0.333. The Balaban J connectivity index is 1.69. The number of rotatable bonds is 5. The fourth-order valence-electron chi connectivity index (χ4n) is 4.11. The summed E-state index contributed by atoms with van der Waals surface area (Å²) >= 11 is 0. The van der Waals surface area contributed by atoms with Crippen LogP contribution in [0.15, 0.2) is 48.7 Å². The summed E-state index contributed by atoms with van der Waals surface area (Å²) in [6, 6.07) is 14.2. The molecule has 2 N–H and O–H groups in total. The van der Waals surface area contributed by atoms with E-state index in [2.05, 4.69) is 44.6 Å². The number of aryl methyl sites for hydroxylation is 2. The third-order valence-corrected chi connectivity index (χ3v) is 5.79. The second kappa shape index (κ2) is 8.42.